The molecular formula is C18H18NO4. The number of hydrogen-bond acceptors (Lipinski definition) is 4. The van der Waals surface area contributed by atoms with Crippen LogP contribution in [0, 0.1) is 6.07 Å². The van der Waals surface area contributed by atoms with Gasteiger partial charge in [-0.05, 0) is 29.8 Å². The van der Waals surface area contributed by atoms with Crippen LogP contribution in [0.3, 0.4) is 0 Å². The second-order valence-corrected chi connectivity index (χ2v) is 4.96. The molecule has 0 bridgehead atoms. The van der Waals surface area contributed by atoms with Crippen molar-refractivity contribution in [2.75, 3.05) is 21.3 Å². The minimum absolute atomic E-state index is 0.395. The van der Waals surface area contributed by atoms with Gasteiger partial charge in [-0.1, -0.05) is 0 Å². The highest BCUT2D eigenvalue weighted by atomic mass is 16.5. The van der Waals surface area contributed by atoms with Gasteiger partial charge in [0.1, 0.15) is 12.4 Å². The number of H-pyrrole nitrogens is 1. The largest absolute Gasteiger partial charge is 0.493 e. The normalized spacial score (nSPS) is 10.6. The first-order valence-electron chi connectivity index (χ1n) is 7.15. The molecule has 3 aromatic rings. The fourth-order valence-corrected chi connectivity index (χ4v) is 2.44. The van der Waals surface area contributed by atoms with Crippen LogP contribution in [0.15, 0.2) is 36.5 Å². The molecule has 5 nitrogen and oxygen atoms in total. The predicted octanol–water partition coefficient (Wildman–Crippen LogP) is 3.57. The van der Waals surface area contributed by atoms with E-state index in [-0.39, 0.29) is 0 Å². The Balaban J connectivity index is 1.81. The average molecular weight is 312 g/mol. The van der Waals surface area contributed by atoms with Crippen molar-refractivity contribution in [3.05, 3.63) is 48.2 Å². The van der Waals surface area contributed by atoms with E-state index in [1.165, 1.54) is 0 Å². The van der Waals surface area contributed by atoms with Gasteiger partial charge in [0.05, 0.1) is 21.3 Å². The van der Waals surface area contributed by atoms with E-state index in [9.17, 15) is 0 Å². The quantitative estimate of drug-likeness (QED) is 0.756. The highest BCUT2D eigenvalue weighted by Crippen LogP contribution is 2.38. The maximum atomic E-state index is 5.86. The number of methoxy groups -OCH3 is 3. The molecule has 0 aliphatic carbocycles. The maximum absolute atomic E-state index is 5.86. The molecule has 1 heterocycles. The number of fused-ring (bicyclic) bond motifs is 1. The molecule has 0 fully saturated rings. The van der Waals surface area contributed by atoms with E-state index < -0.39 is 0 Å². The Morgan fingerprint density at radius 2 is 1.70 bits per heavy atom. The monoisotopic (exact) mass is 312 g/mol. The lowest BCUT2D eigenvalue weighted by Gasteiger charge is -2.14. The van der Waals surface area contributed by atoms with E-state index in [0.29, 0.717) is 23.9 Å². The van der Waals surface area contributed by atoms with Crippen LogP contribution in [0.2, 0.25) is 0 Å². The highest BCUT2D eigenvalue weighted by Gasteiger charge is 2.13. The zero-order valence-corrected chi connectivity index (χ0v) is 13.3. The third-order valence-electron chi connectivity index (χ3n) is 3.58. The van der Waals surface area contributed by atoms with E-state index in [1.807, 2.05) is 30.3 Å². The van der Waals surface area contributed by atoms with Gasteiger partial charge in [-0.25, -0.2) is 0 Å². The number of ether oxygens (including phenoxy) is 4. The Hall–Kier alpha value is -2.82. The number of hydrogen-bond donors (Lipinski definition) is 1. The van der Waals surface area contributed by atoms with Crippen LogP contribution >= 0.6 is 0 Å². The minimum Gasteiger partial charge on any atom is -0.493 e. The molecule has 1 radical (unpaired) electrons. The molecule has 0 atom stereocenters. The van der Waals surface area contributed by atoms with Crippen LogP contribution in [0.4, 0.5) is 0 Å². The number of aromatic amines is 1. The summed E-state index contributed by atoms with van der Waals surface area (Å²) in [6.07, 6.45) is 1.79. The summed E-state index contributed by atoms with van der Waals surface area (Å²) in [7, 11) is 4.77. The van der Waals surface area contributed by atoms with Crippen molar-refractivity contribution in [2.45, 2.75) is 6.61 Å². The zero-order valence-electron chi connectivity index (χ0n) is 13.3. The standard InChI is InChI=1S/C18H18NO4/c1-20-16-8-12(9-17(21-2)18(16)22-3)11-23-14-5-4-13-6-7-19-15(13)10-14/h4-5,7-10,19H,11H2,1-3H3. The summed E-state index contributed by atoms with van der Waals surface area (Å²) in [5.74, 6) is 2.57. The molecule has 0 saturated heterocycles. The summed E-state index contributed by atoms with van der Waals surface area (Å²) in [6, 6.07) is 12.7. The Bertz CT molecular complexity index is 785. The van der Waals surface area contributed by atoms with Gasteiger partial charge in [0.15, 0.2) is 11.5 Å². The van der Waals surface area contributed by atoms with Crippen molar-refractivity contribution in [3.8, 4) is 23.0 Å². The molecule has 0 aliphatic heterocycles. The number of benzene rings is 2. The van der Waals surface area contributed by atoms with Crippen LogP contribution in [0.5, 0.6) is 23.0 Å². The highest BCUT2D eigenvalue weighted by molar-refractivity contribution is 5.79. The molecule has 0 saturated carbocycles. The van der Waals surface area contributed by atoms with Gasteiger partial charge >= 0.3 is 0 Å². The second-order valence-electron chi connectivity index (χ2n) is 4.96. The fraction of sp³-hybridized carbons (Fsp3) is 0.222. The summed E-state index contributed by atoms with van der Waals surface area (Å²) in [5, 5.41) is 1.03. The Kier molecular flexibility index (Phi) is 4.28. The lowest BCUT2D eigenvalue weighted by atomic mass is 10.2. The molecule has 119 valence electrons. The number of aromatic nitrogens is 1. The number of nitrogens with one attached hydrogen (secondary N) is 1. The molecule has 0 spiro atoms. The van der Waals surface area contributed by atoms with Gasteiger partial charge < -0.3 is 23.9 Å². The van der Waals surface area contributed by atoms with Crippen molar-refractivity contribution < 1.29 is 18.9 Å². The van der Waals surface area contributed by atoms with Gasteiger partial charge in [-0.2, -0.15) is 0 Å². The minimum atomic E-state index is 0.395. The van der Waals surface area contributed by atoms with Crippen LogP contribution in [0.25, 0.3) is 10.9 Å². The average Bonchev–Trinajstić information content (AvgIpc) is 3.06. The SMILES string of the molecule is COc1cc(COc2ccc3[c]c[nH]c3c2)cc(OC)c1OC. The van der Waals surface area contributed by atoms with E-state index in [4.69, 9.17) is 18.9 Å². The predicted molar refractivity (Wildman–Crippen MR) is 87.6 cm³/mol. The molecule has 1 N–H and O–H groups in total. The smallest absolute Gasteiger partial charge is 0.203 e. The zero-order chi connectivity index (χ0) is 16.2. The third kappa shape index (κ3) is 3.04. The van der Waals surface area contributed by atoms with Gasteiger partial charge in [-0.3, -0.25) is 0 Å². The summed E-state index contributed by atoms with van der Waals surface area (Å²) >= 11 is 0. The summed E-state index contributed by atoms with van der Waals surface area (Å²) in [6.45, 7) is 0.395. The van der Waals surface area contributed by atoms with Gasteiger partial charge in [0, 0.05) is 29.2 Å². The molecule has 1 aromatic heterocycles. The summed E-state index contributed by atoms with van der Waals surface area (Å²) < 4.78 is 21.9. The van der Waals surface area contributed by atoms with Crippen molar-refractivity contribution in [2.24, 2.45) is 0 Å². The van der Waals surface area contributed by atoms with E-state index in [1.54, 1.807) is 27.5 Å². The summed E-state index contributed by atoms with van der Waals surface area (Å²) in [5.41, 5.74) is 1.92. The second kappa shape index (κ2) is 6.52. The van der Waals surface area contributed by atoms with Gasteiger partial charge in [0.25, 0.3) is 0 Å². The van der Waals surface area contributed by atoms with E-state index in [2.05, 4.69) is 11.1 Å². The van der Waals surface area contributed by atoms with Crippen LogP contribution in [-0.4, -0.2) is 26.3 Å². The van der Waals surface area contributed by atoms with Crippen molar-refractivity contribution >= 4 is 10.9 Å². The van der Waals surface area contributed by atoms with Crippen molar-refractivity contribution in [3.63, 3.8) is 0 Å². The first kappa shape index (κ1) is 15.1. The molecule has 0 amide bonds. The molecule has 0 aliphatic rings. The lowest BCUT2D eigenvalue weighted by Crippen LogP contribution is -2.00. The van der Waals surface area contributed by atoms with Gasteiger partial charge in [-0.15, -0.1) is 0 Å². The Morgan fingerprint density at radius 3 is 2.35 bits per heavy atom. The van der Waals surface area contributed by atoms with Gasteiger partial charge in [0.2, 0.25) is 5.75 Å². The lowest BCUT2D eigenvalue weighted by molar-refractivity contribution is 0.299. The maximum Gasteiger partial charge on any atom is 0.203 e. The van der Waals surface area contributed by atoms with E-state index in [0.717, 1.165) is 22.2 Å². The first-order chi connectivity index (χ1) is 11.2. The fourth-order valence-electron chi connectivity index (χ4n) is 2.44. The molecular weight excluding hydrogens is 294 g/mol. The molecule has 0 unspecified atom stereocenters. The van der Waals surface area contributed by atoms with E-state index >= 15 is 0 Å². The molecule has 23 heavy (non-hydrogen) atoms. The molecule has 2 aromatic carbocycles. The van der Waals surface area contributed by atoms with Crippen LogP contribution in [-0.2, 0) is 6.61 Å². The van der Waals surface area contributed by atoms with Crippen LogP contribution < -0.4 is 18.9 Å². The Labute approximate surface area is 134 Å². The van der Waals surface area contributed by atoms with Crippen molar-refractivity contribution in [1.82, 2.24) is 4.98 Å². The third-order valence-corrected chi connectivity index (χ3v) is 3.58. The van der Waals surface area contributed by atoms with Crippen LogP contribution in [0.1, 0.15) is 5.56 Å². The molecule has 5 heteroatoms. The summed E-state index contributed by atoms with van der Waals surface area (Å²) in [4.78, 5) is 3.12. The topological polar surface area (TPSA) is 52.7 Å². The Morgan fingerprint density at radius 1 is 0.957 bits per heavy atom. The first-order valence-corrected chi connectivity index (χ1v) is 7.15. The molecule has 3 rings (SSSR count). The number of rotatable bonds is 6. The van der Waals surface area contributed by atoms with Crippen molar-refractivity contribution in [1.29, 1.82) is 0 Å².